The smallest absolute Gasteiger partial charge is 0.174 e. The number of aromatic nitrogens is 1. The summed E-state index contributed by atoms with van der Waals surface area (Å²) in [6, 6.07) is 11.9. The van der Waals surface area contributed by atoms with Crippen LogP contribution in [0.5, 0.6) is 0 Å². The molecule has 110 valence electrons. The monoisotopic (exact) mass is 299 g/mol. The van der Waals surface area contributed by atoms with Gasteiger partial charge in [0.05, 0.1) is 5.70 Å². The number of nitrogens with zero attached hydrogens (tertiary/aromatic N) is 3. The first-order chi connectivity index (χ1) is 11.2. The number of benzene rings is 1. The van der Waals surface area contributed by atoms with Gasteiger partial charge < -0.3 is 10.3 Å². The summed E-state index contributed by atoms with van der Waals surface area (Å²) in [6.45, 7) is 1.83. The molecule has 0 aliphatic carbocycles. The second-order valence-electron chi connectivity index (χ2n) is 5.15. The van der Waals surface area contributed by atoms with Crippen LogP contribution < -0.4 is 5.32 Å². The molecular weight excluding hydrogens is 286 g/mol. The zero-order valence-corrected chi connectivity index (χ0v) is 12.5. The quantitative estimate of drug-likeness (QED) is 0.791. The van der Waals surface area contributed by atoms with Crippen molar-refractivity contribution < 1.29 is 0 Å². The first-order valence-electron chi connectivity index (χ1n) is 7.08. The van der Waals surface area contributed by atoms with Gasteiger partial charge in [-0.1, -0.05) is 23.9 Å². The summed E-state index contributed by atoms with van der Waals surface area (Å²) >= 11 is 0. The van der Waals surface area contributed by atoms with E-state index in [1.54, 1.807) is 0 Å². The van der Waals surface area contributed by atoms with Gasteiger partial charge in [0.25, 0.3) is 0 Å². The maximum Gasteiger partial charge on any atom is 0.174 e. The van der Waals surface area contributed by atoms with E-state index in [9.17, 15) is 0 Å². The molecule has 0 fully saturated rings. The fraction of sp³-hybridized carbons (Fsp3) is 0.111. The van der Waals surface area contributed by atoms with Gasteiger partial charge in [-0.3, -0.25) is 0 Å². The first kappa shape index (κ1) is 14.4. The van der Waals surface area contributed by atoms with Crippen LogP contribution in [0.4, 0.5) is 0 Å². The van der Waals surface area contributed by atoms with Gasteiger partial charge in [-0.25, -0.2) is 4.99 Å². The van der Waals surface area contributed by atoms with E-state index in [0.717, 1.165) is 22.2 Å². The number of H-pyrrole nitrogens is 1. The van der Waals surface area contributed by atoms with E-state index in [1.165, 1.54) is 0 Å². The molecule has 5 nitrogen and oxygen atoms in total. The lowest BCUT2D eigenvalue weighted by Gasteiger charge is -2.02. The average molecular weight is 299 g/mol. The zero-order chi connectivity index (χ0) is 16.2. The lowest BCUT2D eigenvalue weighted by molar-refractivity contribution is 0.979. The summed E-state index contributed by atoms with van der Waals surface area (Å²) in [5.41, 5.74) is 6.97. The normalized spacial score (nSPS) is 14.2. The number of aliphatic imine (C=N–C) groups is 1. The summed E-state index contributed by atoms with van der Waals surface area (Å²) in [5.74, 6) is 0. The van der Waals surface area contributed by atoms with Gasteiger partial charge in [0.2, 0.25) is 0 Å². The Morgan fingerprint density at radius 3 is 2.83 bits per heavy atom. The second kappa shape index (κ2) is 6.07. The van der Waals surface area contributed by atoms with Gasteiger partial charge in [-0.15, -0.1) is 0 Å². The third kappa shape index (κ3) is 2.91. The molecule has 0 amide bonds. The minimum absolute atomic E-state index is 0.105. The van der Waals surface area contributed by atoms with E-state index < -0.39 is 0 Å². The number of rotatable bonds is 1. The first-order valence-corrected chi connectivity index (χ1v) is 7.08. The Bertz CT molecular complexity index is 982. The Morgan fingerprint density at radius 2 is 2.04 bits per heavy atom. The van der Waals surface area contributed by atoms with Crippen LogP contribution in [0.1, 0.15) is 18.9 Å². The SMILES string of the molecule is CC1=NC(C#N)=C(C#N)NC(=C=Cc2c[nH]c3ccccc23)C1. The standard InChI is InChI=1S/C18H13N5/c1-12-8-14(23-18(10-20)17(9-19)22-12)7-6-13-11-21-16-5-3-2-4-15(13)16/h2-6,11,21,23H,8H2,1H3. The van der Waals surface area contributed by atoms with Gasteiger partial charge in [-0.2, -0.15) is 10.5 Å². The molecule has 5 heteroatoms. The maximum atomic E-state index is 9.17. The minimum Gasteiger partial charge on any atom is -0.361 e. The predicted octanol–water partition coefficient (Wildman–Crippen LogP) is 3.38. The van der Waals surface area contributed by atoms with E-state index in [1.807, 2.05) is 55.6 Å². The molecule has 0 spiro atoms. The number of para-hydroxylation sites is 1. The van der Waals surface area contributed by atoms with Crippen LogP contribution in [-0.2, 0) is 0 Å². The van der Waals surface area contributed by atoms with Gasteiger partial charge >= 0.3 is 0 Å². The van der Waals surface area contributed by atoms with Crippen molar-refractivity contribution in [1.82, 2.24) is 10.3 Å². The lowest BCUT2D eigenvalue weighted by atomic mass is 10.1. The molecule has 0 saturated carbocycles. The molecule has 2 aromatic rings. The molecule has 0 unspecified atom stereocenters. The van der Waals surface area contributed by atoms with E-state index in [-0.39, 0.29) is 11.4 Å². The third-order valence-corrected chi connectivity index (χ3v) is 3.49. The fourth-order valence-corrected chi connectivity index (χ4v) is 2.42. The van der Waals surface area contributed by atoms with Crippen LogP contribution in [0.25, 0.3) is 17.0 Å². The van der Waals surface area contributed by atoms with Crippen LogP contribution in [0.2, 0.25) is 0 Å². The molecule has 1 aliphatic rings. The molecular formula is C18H13N5. The van der Waals surface area contributed by atoms with Crippen molar-refractivity contribution in [3.63, 3.8) is 0 Å². The van der Waals surface area contributed by atoms with Gasteiger partial charge in [-0.05, 0) is 19.1 Å². The molecule has 1 aromatic heterocycles. The van der Waals surface area contributed by atoms with Crippen LogP contribution in [0.3, 0.4) is 0 Å². The molecule has 2 N–H and O–H groups in total. The van der Waals surface area contributed by atoms with Crippen LogP contribution >= 0.6 is 0 Å². The highest BCUT2D eigenvalue weighted by molar-refractivity contribution is 5.89. The Kier molecular flexibility index (Phi) is 3.80. The van der Waals surface area contributed by atoms with Crippen LogP contribution in [0, 0.1) is 22.7 Å². The Balaban J connectivity index is 2.03. The van der Waals surface area contributed by atoms with Crippen molar-refractivity contribution in [3.05, 3.63) is 58.8 Å². The number of aromatic amines is 1. The van der Waals surface area contributed by atoms with Crippen molar-refractivity contribution in [3.8, 4) is 12.1 Å². The lowest BCUT2D eigenvalue weighted by Crippen LogP contribution is -2.12. The Hall–Kier alpha value is -3.53. The summed E-state index contributed by atoms with van der Waals surface area (Å²) in [5, 5.41) is 22.3. The van der Waals surface area contributed by atoms with Crippen LogP contribution in [0.15, 0.2) is 58.3 Å². The molecule has 1 aliphatic heterocycles. The molecule has 2 heterocycles. The summed E-state index contributed by atoms with van der Waals surface area (Å²) in [6.07, 6.45) is 4.29. The second-order valence-corrected chi connectivity index (χ2v) is 5.15. The zero-order valence-electron chi connectivity index (χ0n) is 12.5. The van der Waals surface area contributed by atoms with Gasteiger partial charge in [0.15, 0.2) is 11.4 Å². The van der Waals surface area contributed by atoms with Crippen molar-refractivity contribution in [2.24, 2.45) is 4.99 Å². The molecule has 23 heavy (non-hydrogen) atoms. The number of hydrogen-bond acceptors (Lipinski definition) is 4. The van der Waals surface area contributed by atoms with E-state index in [0.29, 0.717) is 12.1 Å². The van der Waals surface area contributed by atoms with Gasteiger partial charge in [0.1, 0.15) is 12.1 Å². The molecule has 0 radical (unpaired) electrons. The average Bonchev–Trinajstić information content (AvgIpc) is 2.90. The van der Waals surface area contributed by atoms with E-state index in [2.05, 4.69) is 21.0 Å². The van der Waals surface area contributed by atoms with Crippen molar-refractivity contribution in [2.75, 3.05) is 0 Å². The molecule has 0 atom stereocenters. The number of nitrogens with one attached hydrogen (secondary N) is 2. The largest absolute Gasteiger partial charge is 0.361 e. The highest BCUT2D eigenvalue weighted by atomic mass is 15.0. The maximum absolute atomic E-state index is 9.17. The highest BCUT2D eigenvalue weighted by Gasteiger charge is 2.13. The third-order valence-electron chi connectivity index (χ3n) is 3.49. The topological polar surface area (TPSA) is 87.8 Å². The predicted molar refractivity (Wildman–Crippen MR) is 88.9 cm³/mol. The molecule has 0 bridgehead atoms. The van der Waals surface area contributed by atoms with E-state index in [4.69, 9.17) is 10.5 Å². The number of fused-ring (bicyclic) bond motifs is 1. The highest BCUT2D eigenvalue weighted by Crippen LogP contribution is 2.19. The molecule has 0 saturated heterocycles. The van der Waals surface area contributed by atoms with Crippen molar-refractivity contribution in [1.29, 1.82) is 10.5 Å². The van der Waals surface area contributed by atoms with Gasteiger partial charge in [0, 0.05) is 34.8 Å². The van der Waals surface area contributed by atoms with Crippen LogP contribution in [-0.4, -0.2) is 10.7 Å². The fourth-order valence-electron chi connectivity index (χ4n) is 2.42. The number of hydrogen-bond donors (Lipinski definition) is 2. The molecule has 3 rings (SSSR count). The number of allylic oxidation sites excluding steroid dienone is 3. The summed E-state index contributed by atoms with van der Waals surface area (Å²) in [7, 11) is 0. The number of nitriles is 2. The Morgan fingerprint density at radius 1 is 1.22 bits per heavy atom. The van der Waals surface area contributed by atoms with Crippen molar-refractivity contribution in [2.45, 2.75) is 13.3 Å². The summed E-state index contributed by atoms with van der Waals surface area (Å²) in [4.78, 5) is 7.36. The van der Waals surface area contributed by atoms with Crippen molar-refractivity contribution >= 4 is 22.7 Å². The molecule has 1 aromatic carbocycles. The van der Waals surface area contributed by atoms with E-state index >= 15 is 0 Å². The minimum atomic E-state index is 0.105. The summed E-state index contributed by atoms with van der Waals surface area (Å²) < 4.78 is 0. The Labute approximate surface area is 133 Å².